The van der Waals surface area contributed by atoms with Crippen molar-refractivity contribution in [2.45, 2.75) is 56.8 Å². The Morgan fingerprint density at radius 2 is 1.47 bits per heavy atom. The second kappa shape index (κ2) is 9.55. The van der Waals surface area contributed by atoms with Gasteiger partial charge in [-0.2, -0.15) is 0 Å². The molecule has 4 fully saturated rings. The monoisotopic (exact) mass is 484 g/mol. The molecule has 36 heavy (non-hydrogen) atoms. The minimum Gasteiger partial charge on any atom is -0.493 e. The lowest BCUT2D eigenvalue weighted by molar-refractivity contribution is -0.00634. The van der Waals surface area contributed by atoms with Crippen molar-refractivity contribution in [1.82, 2.24) is 0 Å². The average Bonchev–Trinajstić information content (AvgIpc) is 2.87. The third-order valence-corrected chi connectivity index (χ3v) is 9.01. The van der Waals surface area contributed by atoms with E-state index in [1.807, 2.05) is 12.1 Å². The molecule has 0 unspecified atom stereocenters. The van der Waals surface area contributed by atoms with Gasteiger partial charge < -0.3 is 14.6 Å². The first-order valence-electron chi connectivity index (χ1n) is 13.6. The molecule has 0 heterocycles. The zero-order chi connectivity index (χ0) is 24.7. The van der Waals surface area contributed by atoms with Gasteiger partial charge in [-0.05, 0) is 127 Å². The van der Waals surface area contributed by atoms with Gasteiger partial charge in [-0.15, -0.1) is 0 Å². The van der Waals surface area contributed by atoms with Gasteiger partial charge in [0, 0.05) is 19.3 Å². The Bertz CT molecular complexity index is 1220. The summed E-state index contributed by atoms with van der Waals surface area (Å²) < 4.78 is 11.7. The van der Waals surface area contributed by atoms with E-state index in [0.717, 1.165) is 60.7 Å². The molecule has 3 aromatic carbocycles. The summed E-state index contributed by atoms with van der Waals surface area (Å²) in [5.74, 6) is 2.82. The number of fused-ring (bicyclic) bond motifs is 1. The summed E-state index contributed by atoms with van der Waals surface area (Å²) in [6, 6.07) is 18.5. The van der Waals surface area contributed by atoms with Crippen LogP contribution >= 0.6 is 0 Å². The van der Waals surface area contributed by atoms with Crippen molar-refractivity contribution in [2.24, 2.45) is 17.8 Å². The number of hydrogen-bond donors (Lipinski definition) is 1. The quantitative estimate of drug-likeness (QED) is 0.320. The molecule has 4 aliphatic rings. The molecule has 4 aliphatic carbocycles. The number of methoxy groups -OCH3 is 1. The van der Waals surface area contributed by atoms with Gasteiger partial charge in [0.25, 0.3) is 0 Å². The molecule has 7 rings (SSSR count). The summed E-state index contributed by atoms with van der Waals surface area (Å²) in [7, 11) is 1.75. The highest BCUT2D eigenvalue weighted by molar-refractivity contribution is 5.91. The Labute approximate surface area is 213 Å². The summed E-state index contributed by atoms with van der Waals surface area (Å²) in [4.78, 5) is 11.3. The highest BCUT2D eigenvalue weighted by Crippen LogP contribution is 2.62. The van der Waals surface area contributed by atoms with Gasteiger partial charge in [-0.1, -0.05) is 24.3 Å². The highest BCUT2D eigenvalue weighted by atomic mass is 16.5. The smallest absolute Gasteiger partial charge is 0.335 e. The van der Waals surface area contributed by atoms with Gasteiger partial charge >= 0.3 is 5.97 Å². The van der Waals surface area contributed by atoms with Gasteiger partial charge in [-0.25, -0.2) is 4.79 Å². The number of benzene rings is 3. The zero-order valence-corrected chi connectivity index (χ0v) is 21.2. The van der Waals surface area contributed by atoms with E-state index in [1.165, 1.54) is 54.9 Å². The molecule has 0 amide bonds. The molecule has 0 spiro atoms. The number of hydrogen-bond acceptors (Lipinski definition) is 3. The standard InChI is InChI=1S/C32H36O4/c1-35-10-2-3-11-36-30-17-27-9-8-26(24-4-6-25(7-5-24)31(33)34)15-28(27)16-29(30)32-18-21-12-22(19-32)14-23(13-21)20-32/h4-9,15-17,21-23H,2-3,10-14,18-20H2,1H3,(H,33,34). The molecule has 1 N–H and O–H groups in total. The van der Waals surface area contributed by atoms with Crippen LogP contribution in [0.4, 0.5) is 0 Å². The topological polar surface area (TPSA) is 55.8 Å². The molecule has 0 aromatic heterocycles. The summed E-state index contributed by atoms with van der Waals surface area (Å²) in [6.07, 6.45) is 10.2. The summed E-state index contributed by atoms with van der Waals surface area (Å²) in [6.45, 7) is 1.50. The molecular formula is C32H36O4. The molecule has 4 saturated carbocycles. The fraction of sp³-hybridized carbons (Fsp3) is 0.469. The predicted molar refractivity (Wildman–Crippen MR) is 143 cm³/mol. The van der Waals surface area contributed by atoms with Crippen LogP contribution in [0.1, 0.15) is 67.3 Å². The summed E-state index contributed by atoms with van der Waals surface area (Å²) in [5.41, 5.74) is 4.15. The third kappa shape index (κ3) is 4.41. The molecule has 188 valence electrons. The highest BCUT2D eigenvalue weighted by Gasteiger charge is 2.52. The summed E-state index contributed by atoms with van der Waals surface area (Å²) >= 11 is 0. The zero-order valence-electron chi connectivity index (χ0n) is 21.2. The minimum absolute atomic E-state index is 0.254. The molecule has 3 aromatic rings. The number of ether oxygens (including phenoxy) is 2. The van der Waals surface area contributed by atoms with Crippen molar-refractivity contribution in [3.8, 4) is 16.9 Å². The van der Waals surface area contributed by atoms with E-state index in [-0.39, 0.29) is 5.41 Å². The number of carboxylic acid groups (broad SMARTS) is 1. The second-order valence-electron chi connectivity index (χ2n) is 11.5. The van der Waals surface area contributed by atoms with Crippen molar-refractivity contribution in [3.05, 3.63) is 65.7 Å². The SMILES string of the molecule is COCCCCOc1cc2ccc(-c3ccc(C(=O)O)cc3)cc2cc1C12CC3CC(CC(C3)C1)C2. The van der Waals surface area contributed by atoms with Crippen LogP contribution in [-0.2, 0) is 10.2 Å². The maximum atomic E-state index is 11.3. The van der Waals surface area contributed by atoms with Gasteiger partial charge in [0.15, 0.2) is 0 Å². The molecule has 0 aliphatic heterocycles. The van der Waals surface area contributed by atoms with Crippen LogP contribution in [0.5, 0.6) is 5.75 Å². The number of aromatic carboxylic acids is 1. The van der Waals surface area contributed by atoms with Crippen LogP contribution in [0.3, 0.4) is 0 Å². The van der Waals surface area contributed by atoms with E-state index in [2.05, 4.69) is 30.3 Å². The van der Waals surface area contributed by atoms with E-state index >= 15 is 0 Å². The van der Waals surface area contributed by atoms with Crippen LogP contribution < -0.4 is 4.74 Å². The number of rotatable bonds is 9. The Hall–Kier alpha value is -2.85. The van der Waals surface area contributed by atoms with Crippen molar-refractivity contribution < 1.29 is 19.4 Å². The van der Waals surface area contributed by atoms with Gasteiger partial charge in [0.05, 0.1) is 12.2 Å². The average molecular weight is 485 g/mol. The van der Waals surface area contributed by atoms with Crippen LogP contribution in [0, 0.1) is 17.8 Å². The van der Waals surface area contributed by atoms with E-state index in [0.29, 0.717) is 5.56 Å². The molecule has 0 atom stereocenters. The number of unbranched alkanes of at least 4 members (excludes halogenated alkanes) is 1. The largest absolute Gasteiger partial charge is 0.493 e. The number of carboxylic acids is 1. The molecule has 0 radical (unpaired) electrons. The lowest BCUT2D eigenvalue weighted by Crippen LogP contribution is -2.48. The minimum atomic E-state index is -0.893. The first-order valence-corrected chi connectivity index (χ1v) is 13.6. The first-order chi connectivity index (χ1) is 17.5. The third-order valence-electron chi connectivity index (χ3n) is 9.01. The first kappa shape index (κ1) is 23.5. The fourth-order valence-corrected chi connectivity index (χ4v) is 7.77. The van der Waals surface area contributed by atoms with Crippen molar-refractivity contribution in [3.63, 3.8) is 0 Å². The Morgan fingerprint density at radius 3 is 2.11 bits per heavy atom. The van der Waals surface area contributed by atoms with E-state index in [1.54, 1.807) is 19.2 Å². The maximum Gasteiger partial charge on any atom is 0.335 e. The lowest BCUT2D eigenvalue weighted by atomic mass is 9.48. The van der Waals surface area contributed by atoms with E-state index in [4.69, 9.17) is 9.47 Å². The van der Waals surface area contributed by atoms with Crippen molar-refractivity contribution in [2.75, 3.05) is 20.3 Å². The fourth-order valence-electron chi connectivity index (χ4n) is 7.77. The molecule has 4 heteroatoms. The van der Waals surface area contributed by atoms with Crippen molar-refractivity contribution in [1.29, 1.82) is 0 Å². The normalized spacial score (nSPS) is 26.4. The van der Waals surface area contributed by atoms with Crippen LogP contribution in [-0.4, -0.2) is 31.4 Å². The van der Waals surface area contributed by atoms with Crippen LogP contribution in [0.15, 0.2) is 54.6 Å². The summed E-state index contributed by atoms with van der Waals surface area (Å²) in [5, 5.41) is 11.7. The number of carbonyl (C=O) groups is 1. The molecule has 0 saturated heterocycles. The molecule has 4 nitrogen and oxygen atoms in total. The van der Waals surface area contributed by atoms with Crippen molar-refractivity contribution >= 4 is 16.7 Å². The van der Waals surface area contributed by atoms with Gasteiger partial charge in [0.2, 0.25) is 0 Å². The van der Waals surface area contributed by atoms with Crippen LogP contribution in [0.2, 0.25) is 0 Å². The lowest BCUT2D eigenvalue weighted by Gasteiger charge is -2.57. The molecular weight excluding hydrogens is 448 g/mol. The Morgan fingerprint density at radius 1 is 0.833 bits per heavy atom. The van der Waals surface area contributed by atoms with E-state index in [9.17, 15) is 9.90 Å². The maximum absolute atomic E-state index is 11.3. The van der Waals surface area contributed by atoms with Gasteiger partial charge in [-0.3, -0.25) is 0 Å². The molecule has 4 bridgehead atoms. The van der Waals surface area contributed by atoms with Gasteiger partial charge in [0.1, 0.15) is 5.75 Å². The van der Waals surface area contributed by atoms with E-state index < -0.39 is 5.97 Å². The predicted octanol–water partition coefficient (Wildman–Crippen LogP) is 7.48. The second-order valence-corrected chi connectivity index (χ2v) is 11.5. The van der Waals surface area contributed by atoms with Crippen LogP contribution in [0.25, 0.3) is 21.9 Å². The Balaban J connectivity index is 1.38. The Kier molecular flexibility index (Phi) is 6.25.